The van der Waals surface area contributed by atoms with Crippen LogP contribution in [0, 0.1) is 10.5 Å². The third kappa shape index (κ3) is 3.49. The summed E-state index contributed by atoms with van der Waals surface area (Å²) in [5.41, 5.74) is 6.48. The van der Waals surface area contributed by atoms with Crippen LogP contribution in [0.25, 0.3) is 0 Å². The Bertz CT molecular complexity index is 368. The average Bonchev–Trinajstić information content (AvgIpc) is 2.07. The number of ether oxygens (including phenoxy) is 1. The van der Waals surface area contributed by atoms with Crippen LogP contribution in [-0.4, -0.2) is 11.3 Å². The summed E-state index contributed by atoms with van der Waals surface area (Å²) >= 11 is 1.73. The van der Waals surface area contributed by atoms with Gasteiger partial charge in [-0.25, -0.2) is 4.98 Å². The molecule has 0 amide bonds. The van der Waals surface area contributed by atoms with Gasteiger partial charge in [-0.1, -0.05) is 0 Å². The molecule has 0 aliphatic rings. The van der Waals surface area contributed by atoms with Gasteiger partial charge in [0.25, 0.3) is 0 Å². The van der Waals surface area contributed by atoms with Gasteiger partial charge in [0.2, 0.25) is 5.88 Å². The first-order valence-electron chi connectivity index (χ1n) is 3.95. The predicted octanol–water partition coefficient (Wildman–Crippen LogP) is 2.35. The van der Waals surface area contributed by atoms with Crippen LogP contribution in [0.4, 0.5) is 13.2 Å². The van der Waals surface area contributed by atoms with Gasteiger partial charge in [-0.15, -0.1) is 13.2 Å². The molecule has 0 saturated carbocycles. The molecule has 1 rings (SSSR count). The van der Waals surface area contributed by atoms with E-state index in [0.29, 0.717) is 9.26 Å². The molecule has 0 fully saturated rings. The highest BCUT2D eigenvalue weighted by atomic mass is 127. The lowest BCUT2D eigenvalue weighted by atomic mass is 10.2. The summed E-state index contributed by atoms with van der Waals surface area (Å²) in [5.74, 6) is -0.450. The zero-order chi connectivity index (χ0) is 11.6. The molecule has 0 bridgehead atoms. The average molecular weight is 332 g/mol. The molecule has 0 saturated heterocycles. The number of nitrogens with zero attached hydrogens (tertiary/aromatic N) is 1. The Labute approximate surface area is 98.0 Å². The Morgan fingerprint density at radius 2 is 2.13 bits per heavy atom. The largest absolute Gasteiger partial charge is 0.574 e. The van der Waals surface area contributed by atoms with Crippen molar-refractivity contribution in [2.45, 2.75) is 19.8 Å². The van der Waals surface area contributed by atoms with E-state index < -0.39 is 12.2 Å². The highest BCUT2D eigenvalue weighted by Gasteiger charge is 2.32. The molecule has 0 aliphatic heterocycles. The van der Waals surface area contributed by atoms with Crippen molar-refractivity contribution in [2.75, 3.05) is 0 Å². The number of rotatable bonds is 2. The van der Waals surface area contributed by atoms with Gasteiger partial charge >= 0.3 is 6.36 Å². The molecule has 2 N–H and O–H groups in total. The first kappa shape index (κ1) is 12.5. The van der Waals surface area contributed by atoms with Crippen molar-refractivity contribution in [1.82, 2.24) is 4.98 Å². The van der Waals surface area contributed by atoms with Crippen LogP contribution in [0.5, 0.6) is 5.88 Å². The maximum Gasteiger partial charge on any atom is 0.574 e. The Balaban J connectivity index is 3.08. The maximum atomic E-state index is 12.0. The van der Waals surface area contributed by atoms with Gasteiger partial charge < -0.3 is 10.5 Å². The molecule has 0 atom stereocenters. The molecule has 84 valence electrons. The van der Waals surface area contributed by atoms with Crippen molar-refractivity contribution in [1.29, 1.82) is 0 Å². The molecule has 0 unspecified atom stereocenters. The van der Waals surface area contributed by atoms with Crippen LogP contribution in [0.1, 0.15) is 11.3 Å². The second-order valence-electron chi connectivity index (χ2n) is 2.79. The third-order valence-corrected chi connectivity index (χ3v) is 2.42. The van der Waals surface area contributed by atoms with E-state index in [9.17, 15) is 13.2 Å². The normalized spacial score (nSPS) is 11.6. The van der Waals surface area contributed by atoms with Crippen molar-refractivity contribution >= 4 is 22.6 Å². The highest BCUT2D eigenvalue weighted by molar-refractivity contribution is 14.1. The fraction of sp³-hybridized carbons (Fsp3) is 0.375. The monoisotopic (exact) mass is 332 g/mol. The molecule has 0 aromatic carbocycles. The Morgan fingerprint density at radius 3 is 2.60 bits per heavy atom. The van der Waals surface area contributed by atoms with Gasteiger partial charge in [0.15, 0.2) is 0 Å². The molecule has 7 heteroatoms. The second kappa shape index (κ2) is 4.52. The van der Waals surface area contributed by atoms with Crippen molar-refractivity contribution in [2.24, 2.45) is 5.73 Å². The lowest BCUT2D eigenvalue weighted by Crippen LogP contribution is -2.19. The smallest absolute Gasteiger partial charge is 0.387 e. The van der Waals surface area contributed by atoms with Crippen molar-refractivity contribution in [3.05, 3.63) is 20.9 Å². The van der Waals surface area contributed by atoms with Gasteiger partial charge in [-0.2, -0.15) is 0 Å². The molecule has 0 radical (unpaired) electrons. The zero-order valence-electron chi connectivity index (χ0n) is 7.73. The number of hydrogen-bond acceptors (Lipinski definition) is 3. The summed E-state index contributed by atoms with van der Waals surface area (Å²) in [4.78, 5) is 3.70. The fourth-order valence-electron chi connectivity index (χ4n) is 0.987. The van der Waals surface area contributed by atoms with Crippen LogP contribution < -0.4 is 10.5 Å². The molecule has 1 aromatic rings. The first-order valence-corrected chi connectivity index (χ1v) is 5.03. The molecule has 1 aromatic heterocycles. The van der Waals surface area contributed by atoms with Crippen LogP contribution in [0.3, 0.4) is 0 Å². The first-order chi connectivity index (χ1) is 6.83. The molecule has 1 heterocycles. The van der Waals surface area contributed by atoms with Gasteiger partial charge in [0, 0.05) is 6.54 Å². The minimum Gasteiger partial charge on any atom is -0.387 e. The molecule has 0 spiro atoms. The number of halogens is 4. The van der Waals surface area contributed by atoms with Gasteiger partial charge in [-0.3, -0.25) is 0 Å². The van der Waals surface area contributed by atoms with E-state index in [2.05, 4.69) is 9.72 Å². The van der Waals surface area contributed by atoms with Gasteiger partial charge in [0.1, 0.15) is 0 Å². The highest BCUT2D eigenvalue weighted by Crippen LogP contribution is 2.27. The Kier molecular flexibility index (Phi) is 3.77. The topological polar surface area (TPSA) is 48.1 Å². The minimum absolute atomic E-state index is 0.0803. The van der Waals surface area contributed by atoms with E-state index in [-0.39, 0.29) is 6.54 Å². The van der Waals surface area contributed by atoms with E-state index in [1.54, 1.807) is 35.6 Å². The Morgan fingerprint density at radius 1 is 1.53 bits per heavy atom. The summed E-state index contributed by atoms with van der Waals surface area (Å²) in [6.45, 7) is 1.81. The van der Waals surface area contributed by atoms with Crippen molar-refractivity contribution < 1.29 is 17.9 Å². The van der Waals surface area contributed by atoms with Crippen LogP contribution in [0.2, 0.25) is 0 Å². The number of alkyl halides is 3. The molecule has 0 aliphatic carbocycles. The number of pyridine rings is 1. The van der Waals surface area contributed by atoms with Gasteiger partial charge in [-0.05, 0) is 41.1 Å². The van der Waals surface area contributed by atoms with Crippen molar-refractivity contribution in [3.63, 3.8) is 0 Å². The zero-order valence-corrected chi connectivity index (χ0v) is 9.89. The summed E-state index contributed by atoms with van der Waals surface area (Å²) in [6, 6.07) is 1.55. The van der Waals surface area contributed by atoms with E-state index in [1.165, 1.54) is 0 Å². The van der Waals surface area contributed by atoms with E-state index in [1.807, 2.05) is 0 Å². The Hall–Kier alpha value is -0.570. The molecular weight excluding hydrogens is 324 g/mol. The number of aryl methyl sites for hydroxylation is 1. The van der Waals surface area contributed by atoms with Crippen LogP contribution >= 0.6 is 22.6 Å². The van der Waals surface area contributed by atoms with E-state index >= 15 is 0 Å². The minimum atomic E-state index is -4.73. The number of hydrogen-bond donors (Lipinski definition) is 1. The second-order valence-corrected chi connectivity index (χ2v) is 3.95. The van der Waals surface area contributed by atoms with Gasteiger partial charge in [0.05, 0.1) is 9.26 Å². The van der Waals surface area contributed by atoms with Crippen LogP contribution in [-0.2, 0) is 6.54 Å². The van der Waals surface area contributed by atoms with Crippen LogP contribution in [0.15, 0.2) is 6.07 Å². The maximum absolute atomic E-state index is 12.0. The lowest BCUT2D eigenvalue weighted by molar-refractivity contribution is -0.276. The van der Waals surface area contributed by atoms with Crippen molar-refractivity contribution in [3.8, 4) is 5.88 Å². The van der Waals surface area contributed by atoms with E-state index in [4.69, 9.17) is 5.73 Å². The molecule has 15 heavy (non-hydrogen) atoms. The number of aromatic nitrogens is 1. The summed E-state index contributed by atoms with van der Waals surface area (Å²) in [7, 11) is 0. The summed E-state index contributed by atoms with van der Waals surface area (Å²) in [5, 5.41) is 0. The molecular formula is C8H8F3IN2O. The summed E-state index contributed by atoms with van der Waals surface area (Å²) in [6.07, 6.45) is -4.73. The standard InChI is InChI=1S/C8H8F3IN2O/c1-4-2-5(12)7(14-6(4)3-13)15-8(9,10)11/h2H,3,13H2,1H3. The SMILES string of the molecule is Cc1cc(I)c(OC(F)(F)F)nc1CN. The molecule has 3 nitrogen and oxygen atoms in total. The quantitative estimate of drug-likeness (QED) is 0.846. The predicted molar refractivity (Wildman–Crippen MR) is 56.3 cm³/mol. The fourth-order valence-corrected chi connectivity index (χ4v) is 1.68. The summed E-state index contributed by atoms with van der Waals surface area (Å²) < 4.78 is 39.9. The lowest BCUT2D eigenvalue weighted by Gasteiger charge is -2.11. The number of nitrogens with two attached hydrogens (primary N) is 1. The third-order valence-electron chi connectivity index (χ3n) is 1.64. The van der Waals surface area contributed by atoms with E-state index in [0.717, 1.165) is 5.56 Å².